The Hall–Kier alpha value is -2.70. The van der Waals surface area contributed by atoms with Crippen LogP contribution >= 0.6 is 0 Å². The highest BCUT2D eigenvalue weighted by Gasteiger charge is 2.42. The van der Waals surface area contributed by atoms with Gasteiger partial charge in [0.2, 0.25) is 0 Å². The maximum Gasteiger partial charge on any atom is 0.329 e. The van der Waals surface area contributed by atoms with Gasteiger partial charge in [-0.05, 0) is 45.2 Å². The van der Waals surface area contributed by atoms with Crippen molar-refractivity contribution >= 4 is 23.7 Å². The lowest BCUT2D eigenvalue weighted by atomic mass is 10.1. The second kappa shape index (κ2) is 7.27. The minimum Gasteiger partial charge on any atom is -0.451 e. The molecule has 1 aromatic carbocycles. The minimum atomic E-state index is -1.10. The van der Waals surface area contributed by atoms with Crippen LogP contribution in [0.1, 0.15) is 53.8 Å². The van der Waals surface area contributed by atoms with E-state index in [4.69, 9.17) is 4.74 Å². The number of hydrogen-bond donors (Lipinski definition) is 0. The number of ether oxygens (including phenoxy) is 1. The molecule has 0 spiro atoms. The molecule has 2 heterocycles. The summed E-state index contributed by atoms with van der Waals surface area (Å²) in [6.07, 6.45) is 2.03. The van der Waals surface area contributed by atoms with Crippen molar-refractivity contribution in [3.05, 3.63) is 35.4 Å². The Balaban J connectivity index is 1.66. The average molecular weight is 358 g/mol. The quantitative estimate of drug-likeness (QED) is 0.603. The predicted octanol–water partition coefficient (Wildman–Crippen LogP) is 1.62. The van der Waals surface area contributed by atoms with Crippen molar-refractivity contribution in [1.82, 2.24) is 9.80 Å². The van der Waals surface area contributed by atoms with Gasteiger partial charge < -0.3 is 9.64 Å². The SMILES string of the molecule is C[C@H](OC(=O)[C@@H](C)N1C(=O)c2ccccc2C1=O)C(=O)N1CCCCC1. The molecular formula is C19H22N2O5. The number of rotatable bonds is 4. The van der Waals surface area contributed by atoms with Crippen molar-refractivity contribution in [2.75, 3.05) is 13.1 Å². The molecule has 0 aromatic heterocycles. The van der Waals surface area contributed by atoms with Crippen LogP contribution in [0.5, 0.6) is 0 Å². The number of piperidine rings is 1. The molecule has 138 valence electrons. The van der Waals surface area contributed by atoms with Gasteiger partial charge in [0, 0.05) is 13.1 Å². The summed E-state index contributed by atoms with van der Waals surface area (Å²) < 4.78 is 5.26. The summed E-state index contributed by atoms with van der Waals surface area (Å²) in [6.45, 7) is 4.27. The molecule has 1 fully saturated rings. The number of nitrogens with zero attached hydrogens (tertiary/aromatic N) is 2. The van der Waals surface area contributed by atoms with Gasteiger partial charge in [-0.2, -0.15) is 0 Å². The summed E-state index contributed by atoms with van der Waals surface area (Å²) in [5.41, 5.74) is 0.546. The van der Waals surface area contributed by atoms with E-state index in [1.807, 2.05) is 0 Å². The number of hydrogen-bond acceptors (Lipinski definition) is 5. The molecule has 0 N–H and O–H groups in total. The zero-order chi connectivity index (χ0) is 18.8. The van der Waals surface area contributed by atoms with Gasteiger partial charge in [-0.1, -0.05) is 12.1 Å². The van der Waals surface area contributed by atoms with Crippen molar-refractivity contribution in [1.29, 1.82) is 0 Å². The molecule has 0 radical (unpaired) electrons. The first kappa shape index (κ1) is 18.1. The van der Waals surface area contributed by atoms with E-state index >= 15 is 0 Å². The van der Waals surface area contributed by atoms with E-state index in [0.717, 1.165) is 24.2 Å². The van der Waals surface area contributed by atoms with E-state index in [1.54, 1.807) is 29.2 Å². The van der Waals surface area contributed by atoms with Crippen LogP contribution in [0.3, 0.4) is 0 Å². The molecular weight excluding hydrogens is 336 g/mol. The Bertz CT molecular complexity index is 719. The third-order valence-corrected chi connectivity index (χ3v) is 4.86. The third kappa shape index (κ3) is 3.21. The summed E-state index contributed by atoms with van der Waals surface area (Å²) in [5, 5.41) is 0. The number of carbonyl (C=O) groups is 4. The van der Waals surface area contributed by atoms with E-state index in [1.165, 1.54) is 13.8 Å². The second-order valence-corrected chi connectivity index (χ2v) is 6.67. The number of carbonyl (C=O) groups excluding carboxylic acids is 4. The molecule has 26 heavy (non-hydrogen) atoms. The number of esters is 1. The maximum atomic E-state index is 12.4. The maximum absolute atomic E-state index is 12.4. The lowest BCUT2D eigenvalue weighted by Crippen LogP contribution is -2.47. The van der Waals surface area contributed by atoms with Gasteiger partial charge in [-0.25, -0.2) is 4.79 Å². The fraction of sp³-hybridized carbons (Fsp3) is 0.474. The molecule has 2 atom stereocenters. The van der Waals surface area contributed by atoms with Gasteiger partial charge in [0.05, 0.1) is 11.1 Å². The number of imide groups is 1. The number of likely N-dealkylation sites (tertiary alicyclic amines) is 1. The molecule has 0 aliphatic carbocycles. The topological polar surface area (TPSA) is 84.0 Å². The fourth-order valence-corrected chi connectivity index (χ4v) is 3.36. The van der Waals surface area contributed by atoms with Gasteiger partial charge in [-0.15, -0.1) is 0 Å². The first-order chi connectivity index (χ1) is 12.4. The van der Waals surface area contributed by atoms with Gasteiger partial charge >= 0.3 is 5.97 Å². The van der Waals surface area contributed by atoms with Crippen molar-refractivity contribution in [2.24, 2.45) is 0 Å². The number of amides is 3. The van der Waals surface area contributed by atoms with E-state index in [-0.39, 0.29) is 17.0 Å². The molecule has 2 aliphatic heterocycles. The van der Waals surface area contributed by atoms with Crippen LogP contribution in [0.4, 0.5) is 0 Å². The summed E-state index contributed by atoms with van der Waals surface area (Å²) in [4.78, 5) is 52.3. The van der Waals surface area contributed by atoms with Crippen molar-refractivity contribution in [3.8, 4) is 0 Å². The van der Waals surface area contributed by atoms with Crippen molar-refractivity contribution in [3.63, 3.8) is 0 Å². The van der Waals surface area contributed by atoms with Crippen LogP contribution in [0.2, 0.25) is 0 Å². The van der Waals surface area contributed by atoms with Gasteiger partial charge in [0.25, 0.3) is 17.7 Å². The highest BCUT2D eigenvalue weighted by Crippen LogP contribution is 2.25. The molecule has 0 bridgehead atoms. The Morgan fingerprint density at radius 2 is 1.50 bits per heavy atom. The second-order valence-electron chi connectivity index (χ2n) is 6.67. The Morgan fingerprint density at radius 1 is 0.962 bits per heavy atom. The average Bonchev–Trinajstić information content (AvgIpc) is 2.92. The molecule has 3 rings (SSSR count). The highest BCUT2D eigenvalue weighted by atomic mass is 16.5. The molecule has 7 heteroatoms. The summed E-state index contributed by atoms with van der Waals surface area (Å²) in [6, 6.07) is 5.33. The van der Waals surface area contributed by atoms with Crippen LogP contribution in [0.25, 0.3) is 0 Å². The number of fused-ring (bicyclic) bond motifs is 1. The molecule has 3 amide bonds. The number of benzene rings is 1. The van der Waals surface area contributed by atoms with Crippen molar-refractivity contribution in [2.45, 2.75) is 45.3 Å². The van der Waals surface area contributed by atoms with Crippen LogP contribution in [-0.2, 0) is 14.3 Å². The van der Waals surface area contributed by atoms with Gasteiger partial charge in [0.15, 0.2) is 6.10 Å². The summed E-state index contributed by atoms with van der Waals surface area (Å²) in [5.74, 6) is -2.06. The fourth-order valence-electron chi connectivity index (χ4n) is 3.36. The monoisotopic (exact) mass is 358 g/mol. The van der Waals surface area contributed by atoms with E-state index in [2.05, 4.69) is 0 Å². The van der Waals surface area contributed by atoms with E-state index in [9.17, 15) is 19.2 Å². The highest BCUT2D eigenvalue weighted by molar-refractivity contribution is 6.22. The minimum absolute atomic E-state index is 0.243. The van der Waals surface area contributed by atoms with E-state index < -0.39 is 29.9 Å². The van der Waals surface area contributed by atoms with Gasteiger partial charge in [-0.3, -0.25) is 19.3 Å². The van der Waals surface area contributed by atoms with Crippen LogP contribution in [0, 0.1) is 0 Å². The molecule has 1 aromatic rings. The molecule has 1 saturated heterocycles. The molecule has 2 aliphatic rings. The predicted molar refractivity (Wildman–Crippen MR) is 92.4 cm³/mol. The smallest absolute Gasteiger partial charge is 0.329 e. The Kier molecular flexibility index (Phi) is 5.06. The largest absolute Gasteiger partial charge is 0.451 e. The summed E-state index contributed by atoms with van der Waals surface area (Å²) >= 11 is 0. The third-order valence-electron chi connectivity index (χ3n) is 4.86. The first-order valence-electron chi connectivity index (χ1n) is 8.88. The van der Waals surface area contributed by atoms with Crippen molar-refractivity contribution < 1.29 is 23.9 Å². The standard InChI is InChI=1S/C19H22N2O5/c1-12(21-17(23)14-8-4-5-9-15(14)18(21)24)19(25)26-13(2)16(22)20-10-6-3-7-11-20/h4-5,8-9,12-13H,3,6-7,10-11H2,1-2H3/t12-,13+/m1/s1. The van der Waals surface area contributed by atoms with E-state index in [0.29, 0.717) is 13.1 Å². The van der Waals surface area contributed by atoms with Crippen LogP contribution < -0.4 is 0 Å². The van der Waals surface area contributed by atoms with Crippen LogP contribution in [-0.4, -0.2) is 58.7 Å². The Labute approximate surface area is 151 Å². The summed E-state index contributed by atoms with van der Waals surface area (Å²) in [7, 11) is 0. The normalized spacial score (nSPS) is 19.2. The lowest BCUT2D eigenvalue weighted by molar-refractivity contribution is -0.162. The Morgan fingerprint density at radius 3 is 2.04 bits per heavy atom. The van der Waals surface area contributed by atoms with Gasteiger partial charge in [0.1, 0.15) is 6.04 Å². The van der Waals surface area contributed by atoms with Crippen LogP contribution in [0.15, 0.2) is 24.3 Å². The zero-order valence-corrected chi connectivity index (χ0v) is 14.9. The zero-order valence-electron chi connectivity index (χ0n) is 14.9. The molecule has 0 saturated carbocycles. The molecule has 7 nitrogen and oxygen atoms in total. The lowest BCUT2D eigenvalue weighted by Gasteiger charge is -2.29. The first-order valence-corrected chi connectivity index (χ1v) is 8.88. The molecule has 0 unspecified atom stereocenters.